The molecule has 3 heterocycles. The van der Waals surface area contributed by atoms with Crippen LogP contribution in [0.1, 0.15) is 51.6 Å². The lowest BCUT2D eigenvalue weighted by Crippen LogP contribution is -2.45. The number of para-hydroxylation sites is 1. The van der Waals surface area contributed by atoms with Gasteiger partial charge in [-0.1, -0.05) is 30.3 Å². The molecule has 0 saturated carbocycles. The van der Waals surface area contributed by atoms with Gasteiger partial charge >= 0.3 is 6.18 Å². The highest BCUT2D eigenvalue weighted by atomic mass is 32.1. The molecule has 6 nitrogen and oxygen atoms in total. The minimum atomic E-state index is -4.67. The van der Waals surface area contributed by atoms with Gasteiger partial charge in [-0.2, -0.15) is 45.3 Å². The maximum atomic E-state index is 14.0. The Morgan fingerprint density at radius 1 is 1.05 bits per heavy atom. The smallest absolute Gasteiger partial charge is 0.296 e. The molecule has 1 aliphatic heterocycles. The average molecular weight is 611 g/mol. The van der Waals surface area contributed by atoms with Gasteiger partial charge in [-0.15, -0.1) is 11.3 Å². The topological polar surface area (TPSA) is 68.1 Å². The summed E-state index contributed by atoms with van der Waals surface area (Å²) in [5.41, 5.74) is 2.32. The predicted octanol–water partition coefficient (Wildman–Crippen LogP) is 6.41. The number of Topliss-reactive ketones (excluding diaryl/α,β-unsaturated/α-hetero) is 1. The lowest BCUT2D eigenvalue weighted by Gasteiger charge is -2.38. The van der Waals surface area contributed by atoms with Crippen LogP contribution in [0.4, 0.5) is 23.4 Å². The van der Waals surface area contributed by atoms with Crippen LogP contribution in [0.3, 0.4) is 0 Å². The van der Waals surface area contributed by atoms with Gasteiger partial charge in [0, 0.05) is 29.8 Å². The van der Waals surface area contributed by atoms with Crippen molar-refractivity contribution in [1.29, 1.82) is 0 Å². The number of aryl methyl sites for hydroxylation is 1. The Morgan fingerprint density at radius 2 is 1.70 bits per heavy atom. The molecule has 0 N–H and O–H groups in total. The number of hydrogen-bond donors (Lipinski definition) is 0. The third-order valence-electron chi connectivity index (χ3n) is 6.62. The van der Waals surface area contributed by atoms with E-state index in [4.69, 9.17) is 5.10 Å². The van der Waals surface area contributed by atoms with Crippen LogP contribution in [0.25, 0.3) is 5.69 Å². The first kappa shape index (κ1) is 31.4. The van der Waals surface area contributed by atoms with E-state index < -0.39 is 34.6 Å². The van der Waals surface area contributed by atoms with Crippen molar-refractivity contribution < 1.29 is 27.2 Å². The normalized spacial score (nSPS) is 16.6. The van der Waals surface area contributed by atoms with E-state index in [1.807, 2.05) is 30.3 Å². The first-order valence-corrected chi connectivity index (χ1v) is 12.8. The summed E-state index contributed by atoms with van der Waals surface area (Å²) in [5, 5.41) is 4.66. The van der Waals surface area contributed by atoms with Crippen LogP contribution < -0.4 is 4.90 Å². The molecule has 40 heavy (non-hydrogen) atoms. The van der Waals surface area contributed by atoms with Crippen molar-refractivity contribution >= 4 is 55.8 Å². The molecule has 212 valence electrons. The molecule has 2 atom stereocenters. The van der Waals surface area contributed by atoms with Crippen molar-refractivity contribution in [2.24, 2.45) is 5.92 Å². The number of carbonyl (C=O) groups is 2. The molecule has 0 fully saturated rings. The molecule has 5 rings (SSSR count). The number of fused-ring (bicyclic) bond motifs is 1. The average Bonchev–Trinajstić information content (AvgIpc) is 3.52. The number of anilines is 1. The van der Waals surface area contributed by atoms with Gasteiger partial charge in [-0.3, -0.25) is 14.5 Å². The summed E-state index contributed by atoms with van der Waals surface area (Å²) < 4.78 is 54.8. The minimum absolute atomic E-state index is 0. The largest absolute Gasteiger partial charge is 0.443 e. The van der Waals surface area contributed by atoms with Crippen LogP contribution in [-0.2, 0) is 11.0 Å². The molecule has 13 heteroatoms. The quantitative estimate of drug-likeness (QED) is 0.187. The molecular formula is C27H26F4N4O2S3. The number of nitrogens with zero attached hydrogens (tertiary/aromatic N) is 4. The van der Waals surface area contributed by atoms with Gasteiger partial charge in [-0.05, 0) is 43.7 Å². The van der Waals surface area contributed by atoms with Gasteiger partial charge in [0.15, 0.2) is 10.8 Å². The number of benzene rings is 2. The number of rotatable bonds is 6. The molecule has 0 aliphatic carbocycles. The zero-order valence-electron chi connectivity index (χ0n) is 21.4. The third kappa shape index (κ3) is 5.68. The number of hydrogen-bond acceptors (Lipinski definition) is 5. The van der Waals surface area contributed by atoms with Crippen molar-refractivity contribution in [3.8, 4) is 5.69 Å². The highest BCUT2D eigenvalue weighted by molar-refractivity contribution is 7.59. The number of aromatic nitrogens is 3. The maximum Gasteiger partial charge on any atom is 0.443 e. The van der Waals surface area contributed by atoms with E-state index >= 15 is 0 Å². The Balaban J connectivity index is 0.00000220. The molecule has 2 aromatic heterocycles. The number of carbonyl (C=O) groups excluding carboxylic acids is 2. The van der Waals surface area contributed by atoms with Crippen LogP contribution in [0.5, 0.6) is 0 Å². The van der Waals surface area contributed by atoms with Crippen molar-refractivity contribution in [3.63, 3.8) is 0 Å². The predicted molar refractivity (Wildman–Crippen MR) is 155 cm³/mol. The lowest BCUT2D eigenvalue weighted by molar-refractivity contribution is -0.137. The molecule has 0 bridgehead atoms. The van der Waals surface area contributed by atoms with Crippen molar-refractivity contribution in [2.75, 3.05) is 11.4 Å². The van der Waals surface area contributed by atoms with Gasteiger partial charge in [0.05, 0.1) is 17.3 Å². The number of alkyl halides is 3. The molecule has 0 unspecified atom stereocenters. The fourth-order valence-corrected chi connectivity index (χ4v) is 5.66. The first-order valence-electron chi connectivity index (χ1n) is 11.9. The second-order valence-electron chi connectivity index (χ2n) is 8.95. The third-order valence-corrected chi connectivity index (χ3v) is 7.50. The van der Waals surface area contributed by atoms with Crippen molar-refractivity contribution in [1.82, 2.24) is 14.8 Å². The second kappa shape index (κ2) is 12.1. The monoisotopic (exact) mass is 610 g/mol. The van der Waals surface area contributed by atoms with E-state index in [2.05, 4.69) is 4.98 Å². The molecule has 0 saturated heterocycles. The Bertz CT molecular complexity index is 1500. The number of halogens is 4. The molecule has 2 aromatic carbocycles. The Kier molecular flexibility index (Phi) is 9.53. The highest BCUT2D eigenvalue weighted by Gasteiger charge is 2.46. The van der Waals surface area contributed by atoms with Gasteiger partial charge in [0.2, 0.25) is 5.91 Å². The minimum Gasteiger partial charge on any atom is -0.296 e. The number of ketones is 1. The molecule has 1 aliphatic rings. The molecular weight excluding hydrogens is 585 g/mol. The number of thiazole rings is 1. The van der Waals surface area contributed by atoms with Crippen LogP contribution in [-0.4, -0.2) is 33.0 Å². The molecule has 0 radical (unpaired) electrons. The van der Waals surface area contributed by atoms with Crippen LogP contribution >= 0.6 is 38.3 Å². The van der Waals surface area contributed by atoms with E-state index in [0.29, 0.717) is 34.0 Å². The van der Waals surface area contributed by atoms with Crippen LogP contribution in [0, 0.1) is 18.7 Å². The van der Waals surface area contributed by atoms with E-state index in [1.165, 1.54) is 12.1 Å². The van der Waals surface area contributed by atoms with Crippen molar-refractivity contribution in [3.05, 3.63) is 93.3 Å². The Hall–Kier alpha value is -3.16. The summed E-state index contributed by atoms with van der Waals surface area (Å²) in [7, 11) is 0. The molecule has 4 aromatic rings. The fourth-order valence-electron chi connectivity index (χ4n) is 4.96. The molecule has 1 amide bonds. The van der Waals surface area contributed by atoms with Crippen LogP contribution in [0.15, 0.2) is 60.0 Å². The Labute approximate surface area is 245 Å². The fraction of sp³-hybridized carbons (Fsp3) is 0.259. The highest BCUT2D eigenvalue weighted by Crippen LogP contribution is 2.47. The maximum absolute atomic E-state index is 14.0. The standard InChI is InChI=1S/C27H22F4N4O2S.2H2S/c1-3-34-24-22(15(2)33-35(24)18-7-5-4-6-8-18)23(16-9-11-17(28)12-10-16)19(25(34)37)13-21(36)20-14-38-26(32-20)27(29,30)31;;/h4-12,14,19,23H,3,13H2,1-2H3;2*1H2/t19-,23+;;/m0../s1. The summed E-state index contributed by atoms with van der Waals surface area (Å²) in [5.74, 6) is -2.59. The van der Waals surface area contributed by atoms with Crippen molar-refractivity contribution in [2.45, 2.75) is 32.4 Å². The first-order chi connectivity index (χ1) is 18.1. The summed E-state index contributed by atoms with van der Waals surface area (Å²) in [4.78, 5) is 32.2. The van der Waals surface area contributed by atoms with Gasteiger partial charge in [-0.25, -0.2) is 14.1 Å². The zero-order valence-corrected chi connectivity index (χ0v) is 24.2. The lowest BCUT2D eigenvalue weighted by atomic mass is 9.74. The zero-order chi connectivity index (χ0) is 27.2. The van der Waals surface area contributed by atoms with E-state index in [0.717, 1.165) is 11.1 Å². The molecule has 0 spiro atoms. The van der Waals surface area contributed by atoms with Gasteiger partial charge in [0.25, 0.3) is 0 Å². The van der Waals surface area contributed by atoms with Gasteiger partial charge in [0.1, 0.15) is 17.3 Å². The summed E-state index contributed by atoms with van der Waals surface area (Å²) in [6, 6.07) is 14.9. The summed E-state index contributed by atoms with van der Waals surface area (Å²) in [6.07, 6.45) is -5.04. The van der Waals surface area contributed by atoms with E-state index in [-0.39, 0.29) is 51.6 Å². The van der Waals surface area contributed by atoms with E-state index in [1.54, 1.807) is 35.6 Å². The number of amides is 1. The summed E-state index contributed by atoms with van der Waals surface area (Å²) >= 11 is 0.336. The second-order valence-corrected chi connectivity index (χ2v) is 9.81. The van der Waals surface area contributed by atoms with Gasteiger partial charge < -0.3 is 0 Å². The SMILES string of the molecule is CCN1C(=O)[C@@H](CC(=O)c2csc(C(F)(F)F)n2)[C@@H](c2ccc(F)cc2)c2c(C)nn(-c3ccccc3)c21.S.S. The Morgan fingerprint density at radius 3 is 2.27 bits per heavy atom. The summed E-state index contributed by atoms with van der Waals surface area (Å²) in [6.45, 7) is 3.87. The van der Waals surface area contributed by atoms with E-state index in [9.17, 15) is 27.2 Å². The van der Waals surface area contributed by atoms with Crippen LogP contribution in [0.2, 0.25) is 0 Å².